The Morgan fingerprint density at radius 2 is 1.84 bits per heavy atom. The lowest BCUT2D eigenvalue weighted by atomic mass is 10.2. The minimum atomic E-state index is -3.45. The molecule has 0 spiro atoms. The first-order valence-corrected chi connectivity index (χ1v) is 7.21. The zero-order chi connectivity index (χ0) is 13.3. The number of benzene rings is 1. The van der Waals surface area contributed by atoms with Crippen LogP contribution in [-0.2, 0) is 16.6 Å². The predicted octanol–water partition coefficient (Wildman–Crippen LogP) is 1.32. The Hall–Kier alpha value is -2.21. The Bertz CT molecular complexity index is 739. The maximum Gasteiger partial charge on any atom is 0.263 e. The lowest BCUT2D eigenvalue weighted by Gasteiger charge is -1.99. The minimum absolute atomic E-state index is 0.281. The summed E-state index contributed by atoms with van der Waals surface area (Å²) in [7, 11) is -3.45. The van der Waals surface area contributed by atoms with Crippen molar-refractivity contribution in [3.8, 4) is 0 Å². The third kappa shape index (κ3) is 2.22. The van der Waals surface area contributed by atoms with Gasteiger partial charge < -0.3 is 0 Å². The van der Waals surface area contributed by atoms with E-state index in [1.54, 1.807) is 36.7 Å². The van der Waals surface area contributed by atoms with Crippen LogP contribution in [0.2, 0.25) is 0 Å². The molecule has 0 unspecified atom stereocenters. The van der Waals surface area contributed by atoms with Gasteiger partial charge in [0.05, 0.1) is 11.4 Å². The number of nitrogens with one attached hydrogen (secondary N) is 1. The van der Waals surface area contributed by atoms with E-state index < -0.39 is 10.0 Å². The van der Waals surface area contributed by atoms with E-state index in [2.05, 4.69) is 14.7 Å². The molecule has 3 rings (SSSR count). The molecule has 0 saturated carbocycles. The quantitative estimate of drug-likeness (QED) is 0.897. The number of hydrogen-bond donors (Lipinski definition) is 1. The fourth-order valence-electron chi connectivity index (χ4n) is 1.91. The summed E-state index contributed by atoms with van der Waals surface area (Å²) in [5, 5.41) is 0. The number of rotatable bonds is 2. The average molecular weight is 273 g/mol. The summed E-state index contributed by atoms with van der Waals surface area (Å²) in [5.74, 6) is 0.396. The summed E-state index contributed by atoms with van der Waals surface area (Å²) in [5.41, 5.74) is 1.60. The predicted molar refractivity (Wildman–Crippen MR) is 71.2 cm³/mol. The third-order valence-electron chi connectivity index (χ3n) is 2.83. The number of aromatic nitrogens is 1. The first kappa shape index (κ1) is 11.9. The zero-order valence-electron chi connectivity index (χ0n) is 9.95. The van der Waals surface area contributed by atoms with E-state index in [1.807, 2.05) is 12.1 Å². The van der Waals surface area contributed by atoms with Crippen molar-refractivity contribution in [3.63, 3.8) is 0 Å². The van der Waals surface area contributed by atoms with Gasteiger partial charge in [0.1, 0.15) is 5.84 Å². The normalized spacial score (nSPS) is 18.0. The number of sulfonamides is 1. The van der Waals surface area contributed by atoms with Crippen LogP contribution in [0.3, 0.4) is 0 Å². The number of fused-ring (bicyclic) bond motifs is 1. The van der Waals surface area contributed by atoms with Gasteiger partial charge in [0.15, 0.2) is 0 Å². The number of pyridine rings is 1. The van der Waals surface area contributed by atoms with Gasteiger partial charge >= 0.3 is 0 Å². The molecule has 1 aromatic heterocycles. The Labute approximate surface area is 111 Å². The average Bonchev–Trinajstić information content (AvgIpc) is 2.70. The summed E-state index contributed by atoms with van der Waals surface area (Å²) in [4.78, 5) is 8.53. The second-order valence-electron chi connectivity index (χ2n) is 4.12. The lowest BCUT2D eigenvalue weighted by molar-refractivity contribution is 0.595. The minimum Gasteiger partial charge on any atom is -0.265 e. The molecule has 96 valence electrons. The highest BCUT2D eigenvalue weighted by Gasteiger charge is 2.29. The highest BCUT2D eigenvalue weighted by atomic mass is 32.2. The van der Waals surface area contributed by atoms with Gasteiger partial charge in [0, 0.05) is 18.0 Å². The highest BCUT2D eigenvalue weighted by molar-refractivity contribution is 7.90. The summed E-state index contributed by atoms with van der Waals surface area (Å²) >= 11 is 0. The van der Waals surface area contributed by atoms with Crippen LogP contribution in [0.15, 0.2) is 58.7 Å². The Morgan fingerprint density at radius 3 is 2.63 bits per heavy atom. The zero-order valence-corrected chi connectivity index (χ0v) is 10.8. The molecule has 2 aromatic rings. The van der Waals surface area contributed by atoms with Gasteiger partial charge in [-0.1, -0.05) is 12.1 Å². The summed E-state index contributed by atoms with van der Waals surface area (Å²) in [6.07, 6.45) is 3.37. The molecule has 0 aliphatic carbocycles. The Balaban J connectivity index is 1.96. The van der Waals surface area contributed by atoms with Crippen molar-refractivity contribution in [1.29, 1.82) is 0 Å². The first-order chi connectivity index (χ1) is 9.17. The molecular weight excluding hydrogens is 262 g/mol. The third-order valence-corrected chi connectivity index (χ3v) is 4.23. The molecule has 6 heteroatoms. The van der Waals surface area contributed by atoms with Crippen LogP contribution >= 0.6 is 0 Å². The molecule has 1 N–H and O–H groups in total. The number of aliphatic imine (C=N–C) groups is 1. The van der Waals surface area contributed by atoms with Gasteiger partial charge in [-0.25, -0.2) is 8.42 Å². The molecule has 0 radical (unpaired) electrons. The molecule has 0 amide bonds. The number of hydrogen-bond acceptors (Lipinski definition) is 4. The van der Waals surface area contributed by atoms with E-state index in [9.17, 15) is 8.42 Å². The molecule has 19 heavy (non-hydrogen) atoms. The van der Waals surface area contributed by atoms with E-state index in [-0.39, 0.29) is 4.90 Å². The van der Waals surface area contributed by atoms with E-state index in [0.717, 1.165) is 5.56 Å². The highest BCUT2D eigenvalue weighted by Crippen LogP contribution is 2.22. The monoisotopic (exact) mass is 273 g/mol. The lowest BCUT2D eigenvalue weighted by Crippen LogP contribution is -2.22. The fourth-order valence-corrected chi connectivity index (χ4v) is 3.16. The topological polar surface area (TPSA) is 71.4 Å². The van der Waals surface area contributed by atoms with Gasteiger partial charge in [0.25, 0.3) is 10.0 Å². The Morgan fingerprint density at radius 1 is 1.11 bits per heavy atom. The molecule has 5 nitrogen and oxygen atoms in total. The molecule has 0 bridgehead atoms. The second kappa shape index (κ2) is 4.47. The number of amidine groups is 1. The first-order valence-electron chi connectivity index (χ1n) is 5.72. The van der Waals surface area contributed by atoms with E-state index >= 15 is 0 Å². The van der Waals surface area contributed by atoms with Crippen molar-refractivity contribution in [1.82, 2.24) is 9.71 Å². The summed E-state index contributed by atoms with van der Waals surface area (Å²) in [6, 6.07) is 10.5. The van der Waals surface area contributed by atoms with Crippen molar-refractivity contribution < 1.29 is 8.42 Å². The molecule has 1 aliphatic heterocycles. The van der Waals surface area contributed by atoms with Gasteiger partial charge in [-0.05, 0) is 29.8 Å². The van der Waals surface area contributed by atoms with Crippen LogP contribution in [-0.4, -0.2) is 19.2 Å². The van der Waals surface area contributed by atoms with E-state index in [4.69, 9.17) is 0 Å². The van der Waals surface area contributed by atoms with Gasteiger partial charge in [-0.2, -0.15) is 0 Å². The SMILES string of the molecule is O=S1(=O)NC(=NCc2ccncc2)c2ccccc21. The van der Waals surface area contributed by atoms with Crippen LogP contribution in [0.25, 0.3) is 0 Å². The van der Waals surface area contributed by atoms with E-state index in [0.29, 0.717) is 17.9 Å². The van der Waals surface area contributed by atoms with Crippen molar-refractivity contribution in [2.45, 2.75) is 11.4 Å². The summed E-state index contributed by atoms with van der Waals surface area (Å²) in [6.45, 7) is 0.411. The standard InChI is InChI=1S/C13H11N3O2S/c17-19(18)12-4-2-1-3-11(12)13(16-19)15-9-10-5-7-14-8-6-10/h1-8H,9H2,(H,15,16). The fraction of sp³-hybridized carbons (Fsp3) is 0.0769. The maximum absolute atomic E-state index is 11.9. The van der Waals surface area contributed by atoms with Crippen molar-refractivity contribution in [2.75, 3.05) is 0 Å². The van der Waals surface area contributed by atoms with Crippen molar-refractivity contribution in [2.24, 2.45) is 4.99 Å². The van der Waals surface area contributed by atoms with Crippen LogP contribution in [0.1, 0.15) is 11.1 Å². The van der Waals surface area contributed by atoms with Crippen LogP contribution < -0.4 is 4.72 Å². The maximum atomic E-state index is 11.9. The largest absolute Gasteiger partial charge is 0.265 e. The molecule has 1 aliphatic rings. The molecule has 0 atom stereocenters. The smallest absolute Gasteiger partial charge is 0.263 e. The molecule has 1 aromatic carbocycles. The number of nitrogens with zero attached hydrogens (tertiary/aromatic N) is 2. The molecule has 0 fully saturated rings. The Kier molecular flexibility index (Phi) is 2.79. The van der Waals surface area contributed by atoms with E-state index in [1.165, 1.54) is 0 Å². The molecule has 2 heterocycles. The summed E-state index contributed by atoms with van der Waals surface area (Å²) < 4.78 is 26.2. The van der Waals surface area contributed by atoms with Gasteiger partial charge in [-0.15, -0.1) is 0 Å². The van der Waals surface area contributed by atoms with Crippen molar-refractivity contribution >= 4 is 15.9 Å². The second-order valence-corrected chi connectivity index (χ2v) is 5.77. The molecular formula is C13H11N3O2S. The van der Waals surface area contributed by atoms with Gasteiger partial charge in [-0.3, -0.25) is 14.7 Å². The molecule has 0 saturated heterocycles. The van der Waals surface area contributed by atoms with Crippen LogP contribution in [0.5, 0.6) is 0 Å². The van der Waals surface area contributed by atoms with Gasteiger partial charge in [0.2, 0.25) is 0 Å². The van der Waals surface area contributed by atoms with Crippen LogP contribution in [0, 0.1) is 0 Å². The van der Waals surface area contributed by atoms with Crippen LogP contribution in [0.4, 0.5) is 0 Å². The van der Waals surface area contributed by atoms with Crippen molar-refractivity contribution in [3.05, 3.63) is 59.9 Å².